The molecule has 0 radical (unpaired) electrons. The number of carbonyl (C=O) groups is 1. The molecule has 4 aromatic carbocycles. The second kappa shape index (κ2) is 11.2. The summed E-state index contributed by atoms with van der Waals surface area (Å²) in [5.41, 5.74) is 5.91. The van der Waals surface area contributed by atoms with E-state index in [1.165, 1.54) is 17.2 Å². The molecule has 0 saturated heterocycles. The number of aliphatic imine (C=N–C) groups is 1. The molecule has 0 bridgehead atoms. The first kappa shape index (κ1) is 24.4. The second-order valence-corrected chi connectivity index (χ2v) is 8.71. The van der Waals surface area contributed by atoms with Crippen LogP contribution >= 0.6 is 0 Å². The minimum atomic E-state index is -0.333. The van der Waals surface area contributed by atoms with E-state index in [1.807, 2.05) is 67.7 Å². The van der Waals surface area contributed by atoms with Crippen molar-refractivity contribution in [2.75, 3.05) is 6.61 Å². The SMILES string of the molecule is CCOc1cc(C(=O)N(Cc2cccc3c2CN=C3)OCc2ccccc2)ccc1-c1cccc(F)c1. The van der Waals surface area contributed by atoms with Gasteiger partial charge >= 0.3 is 0 Å². The lowest BCUT2D eigenvalue weighted by Crippen LogP contribution is -2.31. The largest absolute Gasteiger partial charge is 0.493 e. The van der Waals surface area contributed by atoms with Gasteiger partial charge in [0.1, 0.15) is 18.2 Å². The predicted octanol–water partition coefficient (Wildman–Crippen LogP) is 6.60. The van der Waals surface area contributed by atoms with Crippen molar-refractivity contribution in [3.63, 3.8) is 0 Å². The van der Waals surface area contributed by atoms with Gasteiger partial charge in [-0.25, -0.2) is 9.45 Å². The van der Waals surface area contributed by atoms with Gasteiger partial charge in [0.05, 0.1) is 19.7 Å². The average Bonchev–Trinajstić information content (AvgIpc) is 3.41. The van der Waals surface area contributed by atoms with Gasteiger partial charge in [0.2, 0.25) is 0 Å². The van der Waals surface area contributed by atoms with E-state index < -0.39 is 0 Å². The molecule has 1 aliphatic heterocycles. The lowest BCUT2D eigenvalue weighted by molar-refractivity contribution is -0.140. The lowest BCUT2D eigenvalue weighted by Gasteiger charge is -2.24. The maximum Gasteiger partial charge on any atom is 0.277 e. The highest BCUT2D eigenvalue weighted by atomic mass is 19.1. The van der Waals surface area contributed by atoms with Crippen LogP contribution in [0.5, 0.6) is 5.75 Å². The fourth-order valence-electron chi connectivity index (χ4n) is 4.38. The van der Waals surface area contributed by atoms with Gasteiger partial charge < -0.3 is 4.74 Å². The summed E-state index contributed by atoms with van der Waals surface area (Å²) in [6, 6.07) is 27.2. The summed E-state index contributed by atoms with van der Waals surface area (Å²) in [5.74, 6) is -0.116. The highest BCUT2D eigenvalue weighted by molar-refractivity contribution is 5.95. The van der Waals surface area contributed by atoms with Crippen molar-refractivity contribution in [3.8, 4) is 16.9 Å². The fraction of sp³-hybridized carbons (Fsp3) is 0.161. The third-order valence-electron chi connectivity index (χ3n) is 6.22. The van der Waals surface area contributed by atoms with Gasteiger partial charge in [0, 0.05) is 17.3 Å². The molecule has 0 aromatic heterocycles. The van der Waals surface area contributed by atoms with Gasteiger partial charge in [-0.15, -0.1) is 0 Å². The number of carbonyl (C=O) groups excluding carboxylic acids is 1. The highest BCUT2D eigenvalue weighted by Crippen LogP contribution is 2.32. The molecule has 1 amide bonds. The number of benzene rings is 4. The van der Waals surface area contributed by atoms with E-state index in [4.69, 9.17) is 9.57 Å². The number of ether oxygens (including phenoxy) is 1. The van der Waals surface area contributed by atoms with Gasteiger partial charge in [-0.05, 0) is 65.1 Å². The third kappa shape index (κ3) is 5.60. The zero-order chi connectivity index (χ0) is 25.6. The summed E-state index contributed by atoms with van der Waals surface area (Å²) >= 11 is 0. The molecule has 0 saturated carbocycles. The first-order valence-corrected chi connectivity index (χ1v) is 12.2. The molecular weight excluding hydrogens is 467 g/mol. The summed E-state index contributed by atoms with van der Waals surface area (Å²) < 4.78 is 19.7. The van der Waals surface area contributed by atoms with Crippen LogP contribution in [-0.4, -0.2) is 23.8 Å². The van der Waals surface area contributed by atoms with Crippen LogP contribution < -0.4 is 4.74 Å². The molecule has 0 unspecified atom stereocenters. The minimum absolute atomic E-state index is 0.248. The molecule has 1 aliphatic rings. The molecule has 5 rings (SSSR count). The van der Waals surface area contributed by atoms with Gasteiger partial charge in [0.15, 0.2) is 0 Å². The van der Waals surface area contributed by atoms with E-state index >= 15 is 0 Å². The van der Waals surface area contributed by atoms with Crippen molar-refractivity contribution in [1.29, 1.82) is 0 Å². The molecule has 0 spiro atoms. The standard InChI is InChI=1S/C31H27FN2O3/c1-2-36-30-17-24(14-15-28(30)23-10-7-13-27(32)16-23)31(35)34(37-21-22-8-4-3-5-9-22)20-26-12-6-11-25-18-33-19-29(25)26/h3-18H,2,19-21H2,1H3. The van der Waals surface area contributed by atoms with Gasteiger partial charge in [0.25, 0.3) is 5.91 Å². The van der Waals surface area contributed by atoms with Crippen molar-refractivity contribution in [2.45, 2.75) is 26.6 Å². The zero-order valence-electron chi connectivity index (χ0n) is 20.6. The summed E-state index contributed by atoms with van der Waals surface area (Å²) in [5, 5.41) is 1.40. The van der Waals surface area contributed by atoms with Gasteiger partial charge in [-0.1, -0.05) is 60.7 Å². The Kier molecular flexibility index (Phi) is 7.38. The van der Waals surface area contributed by atoms with E-state index in [2.05, 4.69) is 4.99 Å². The number of nitrogens with zero attached hydrogens (tertiary/aromatic N) is 2. The fourth-order valence-corrected chi connectivity index (χ4v) is 4.38. The number of amides is 1. The van der Waals surface area contributed by atoms with E-state index in [0.717, 1.165) is 22.3 Å². The molecular formula is C31H27FN2O3. The van der Waals surface area contributed by atoms with Crippen LogP contribution in [0.4, 0.5) is 4.39 Å². The maximum absolute atomic E-state index is 13.9. The van der Waals surface area contributed by atoms with Crippen LogP contribution in [0.1, 0.15) is 39.5 Å². The van der Waals surface area contributed by atoms with Crippen molar-refractivity contribution >= 4 is 12.1 Å². The topological polar surface area (TPSA) is 51.1 Å². The second-order valence-electron chi connectivity index (χ2n) is 8.71. The normalized spacial score (nSPS) is 11.8. The summed E-state index contributed by atoms with van der Waals surface area (Å²) in [7, 11) is 0. The van der Waals surface area contributed by atoms with E-state index in [1.54, 1.807) is 24.3 Å². The molecule has 0 N–H and O–H groups in total. The van der Waals surface area contributed by atoms with Crippen LogP contribution in [0.3, 0.4) is 0 Å². The minimum Gasteiger partial charge on any atom is -0.493 e. The van der Waals surface area contributed by atoms with Gasteiger partial charge in [-0.3, -0.25) is 14.6 Å². The van der Waals surface area contributed by atoms with Crippen LogP contribution in [0, 0.1) is 5.82 Å². The lowest BCUT2D eigenvalue weighted by atomic mass is 10.0. The van der Waals surface area contributed by atoms with Crippen molar-refractivity contribution in [1.82, 2.24) is 5.06 Å². The van der Waals surface area contributed by atoms with E-state index in [9.17, 15) is 9.18 Å². The Morgan fingerprint density at radius 1 is 0.973 bits per heavy atom. The molecule has 1 heterocycles. The van der Waals surface area contributed by atoms with Crippen LogP contribution in [0.15, 0.2) is 96.0 Å². The smallest absolute Gasteiger partial charge is 0.277 e. The molecule has 37 heavy (non-hydrogen) atoms. The number of fused-ring (bicyclic) bond motifs is 1. The van der Waals surface area contributed by atoms with E-state index in [-0.39, 0.29) is 24.9 Å². The maximum atomic E-state index is 13.9. The number of hydrogen-bond acceptors (Lipinski definition) is 4. The monoisotopic (exact) mass is 494 g/mol. The Hall–Kier alpha value is -4.29. The molecule has 5 nitrogen and oxygen atoms in total. The predicted molar refractivity (Wildman–Crippen MR) is 142 cm³/mol. The Balaban J connectivity index is 1.46. The third-order valence-corrected chi connectivity index (χ3v) is 6.22. The van der Waals surface area contributed by atoms with E-state index in [0.29, 0.717) is 35.6 Å². The molecule has 4 aromatic rings. The number of hydrogen-bond donors (Lipinski definition) is 0. The van der Waals surface area contributed by atoms with Crippen LogP contribution in [0.25, 0.3) is 11.1 Å². The number of rotatable bonds is 9. The first-order chi connectivity index (χ1) is 18.1. The zero-order valence-corrected chi connectivity index (χ0v) is 20.6. The quantitative estimate of drug-likeness (QED) is 0.246. The van der Waals surface area contributed by atoms with Crippen LogP contribution in [-0.2, 0) is 24.5 Å². The summed E-state index contributed by atoms with van der Waals surface area (Å²) in [6.45, 7) is 3.39. The van der Waals surface area contributed by atoms with Crippen LogP contribution in [0.2, 0.25) is 0 Å². The highest BCUT2D eigenvalue weighted by Gasteiger charge is 2.22. The molecule has 0 fully saturated rings. The summed E-state index contributed by atoms with van der Waals surface area (Å²) in [4.78, 5) is 24.3. The Bertz CT molecular complexity index is 1440. The first-order valence-electron chi connectivity index (χ1n) is 12.2. The summed E-state index contributed by atoms with van der Waals surface area (Å²) in [6.07, 6.45) is 1.86. The molecule has 186 valence electrons. The van der Waals surface area contributed by atoms with Gasteiger partial charge in [-0.2, -0.15) is 0 Å². The number of halogens is 1. The molecule has 6 heteroatoms. The van der Waals surface area contributed by atoms with Crippen molar-refractivity contribution in [2.24, 2.45) is 4.99 Å². The Labute approximate surface area is 215 Å². The average molecular weight is 495 g/mol. The number of hydroxylamine groups is 2. The Morgan fingerprint density at radius 2 is 1.81 bits per heavy atom. The Morgan fingerprint density at radius 3 is 2.62 bits per heavy atom. The molecule has 0 atom stereocenters. The van der Waals surface area contributed by atoms with Crippen molar-refractivity contribution in [3.05, 3.63) is 125 Å². The van der Waals surface area contributed by atoms with Crippen molar-refractivity contribution < 1.29 is 18.8 Å². The molecule has 0 aliphatic carbocycles.